The Morgan fingerprint density at radius 3 is 2.58 bits per heavy atom. The summed E-state index contributed by atoms with van der Waals surface area (Å²) in [5.74, 6) is -1.44. The highest BCUT2D eigenvalue weighted by Gasteiger charge is 2.25. The molecule has 0 fully saturated rings. The third-order valence-corrected chi connectivity index (χ3v) is 3.39. The first-order valence-electron chi connectivity index (χ1n) is 7.93. The van der Waals surface area contributed by atoms with E-state index in [9.17, 15) is 18.8 Å². The van der Waals surface area contributed by atoms with Gasteiger partial charge in [0.25, 0.3) is 0 Å². The van der Waals surface area contributed by atoms with Gasteiger partial charge in [0.2, 0.25) is 0 Å². The van der Waals surface area contributed by atoms with Crippen molar-refractivity contribution in [1.82, 2.24) is 10.6 Å². The van der Waals surface area contributed by atoms with E-state index in [1.165, 1.54) is 31.2 Å². The number of halogens is 1. The average Bonchev–Trinajstić information content (AvgIpc) is 2.61. The fourth-order valence-electron chi connectivity index (χ4n) is 2.09. The number of carbonyl (C=O) groups is 3. The molecule has 0 unspecified atom stereocenters. The molecular weight excluding hydrogens is 347 g/mol. The van der Waals surface area contributed by atoms with Gasteiger partial charge in [-0.05, 0) is 38.1 Å². The molecule has 8 nitrogen and oxygen atoms in total. The van der Waals surface area contributed by atoms with Gasteiger partial charge in [0.15, 0.2) is 6.10 Å². The highest BCUT2D eigenvalue weighted by Crippen LogP contribution is 2.14. The molecule has 0 saturated heterocycles. The Bertz CT molecular complexity index is 716. The van der Waals surface area contributed by atoms with Gasteiger partial charge in [-0.15, -0.1) is 0 Å². The van der Waals surface area contributed by atoms with Crippen molar-refractivity contribution in [2.24, 2.45) is 0 Å². The summed E-state index contributed by atoms with van der Waals surface area (Å²) >= 11 is 0. The molecule has 2 rings (SSSR count). The number of hydrogen-bond acceptors (Lipinski definition) is 6. The largest absolute Gasteiger partial charge is 0.479 e. The van der Waals surface area contributed by atoms with Crippen LogP contribution in [0.25, 0.3) is 0 Å². The SMILES string of the molecule is CCOC(=O)C1=C(COC(=O)[C@@H](C)Oc2ccc(F)cc2)NC(=O)NC1. The van der Waals surface area contributed by atoms with Crippen molar-refractivity contribution in [2.75, 3.05) is 19.8 Å². The fraction of sp³-hybridized carbons (Fsp3) is 0.353. The molecule has 1 aromatic carbocycles. The number of amides is 2. The third-order valence-electron chi connectivity index (χ3n) is 3.39. The van der Waals surface area contributed by atoms with E-state index in [1.807, 2.05) is 0 Å². The van der Waals surface area contributed by atoms with Gasteiger partial charge in [0.1, 0.15) is 18.2 Å². The molecule has 0 radical (unpaired) electrons. The summed E-state index contributed by atoms with van der Waals surface area (Å²) in [7, 11) is 0. The molecule has 1 aliphatic rings. The van der Waals surface area contributed by atoms with Crippen LogP contribution in [-0.4, -0.2) is 43.8 Å². The highest BCUT2D eigenvalue weighted by molar-refractivity contribution is 5.93. The number of ether oxygens (including phenoxy) is 3. The fourth-order valence-corrected chi connectivity index (χ4v) is 2.09. The molecule has 0 aliphatic carbocycles. The molecule has 0 aromatic heterocycles. The van der Waals surface area contributed by atoms with Crippen LogP contribution in [0.5, 0.6) is 5.75 Å². The molecule has 2 N–H and O–H groups in total. The number of rotatable bonds is 7. The third kappa shape index (κ3) is 5.20. The molecule has 9 heteroatoms. The van der Waals surface area contributed by atoms with E-state index in [4.69, 9.17) is 14.2 Å². The van der Waals surface area contributed by atoms with Crippen LogP contribution in [0.15, 0.2) is 35.5 Å². The van der Waals surface area contributed by atoms with Crippen LogP contribution >= 0.6 is 0 Å². The second-order valence-corrected chi connectivity index (χ2v) is 5.31. The van der Waals surface area contributed by atoms with Crippen LogP contribution < -0.4 is 15.4 Å². The lowest BCUT2D eigenvalue weighted by Gasteiger charge is -2.21. The minimum atomic E-state index is -0.968. The van der Waals surface area contributed by atoms with Gasteiger partial charge >= 0.3 is 18.0 Å². The zero-order chi connectivity index (χ0) is 19.1. The zero-order valence-electron chi connectivity index (χ0n) is 14.3. The Labute approximate surface area is 149 Å². The molecule has 0 spiro atoms. The lowest BCUT2D eigenvalue weighted by atomic mass is 10.2. The smallest absolute Gasteiger partial charge is 0.347 e. The first-order chi connectivity index (χ1) is 12.4. The molecule has 1 aliphatic heterocycles. The van der Waals surface area contributed by atoms with Crippen molar-refractivity contribution < 1.29 is 33.0 Å². The molecule has 0 saturated carbocycles. The number of urea groups is 1. The summed E-state index contributed by atoms with van der Waals surface area (Å²) in [5.41, 5.74) is 0.320. The van der Waals surface area contributed by atoms with Crippen LogP contribution in [-0.2, 0) is 19.1 Å². The second-order valence-electron chi connectivity index (χ2n) is 5.31. The number of nitrogens with one attached hydrogen (secondary N) is 2. The lowest BCUT2D eigenvalue weighted by Crippen LogP contribution is -2.45. The molecule has 140 valence electrons. The molecule has 2 amide bonds. The van der Waals surface area contributed by atoms with Crippen LogP contribution in [0.3, 0.4) is 0 Å². The predicted molar refractivity (Wildman–Crippen MR) is 87.6 cm³/mol. The summed E-state index contributed by atoms with van der Waals surface area (Å²) in [4.78, 5) is 35.4. The van der Waals surface area contributed by atoms with Crippen molar-refractivity contribution in [3.63, 3.8) is 0 Å². The summed E-state index contributed by atoms with van der Waals surface area (Å²) < 4.78 is 28.2. The van der Waals surface area contributed by atoms with Crippen molar-refractivity contribution in [1.29, 1.82) is 0 Å². The maximum absolute atomic E-state index is 12.9. The second kappa shape index (κ2) is 8.84. The Kier molecular flexibility index (Phi) is 6.54. The van der Waals surface area contributed by atoms with E-state index < -0.39 is 29.9 Å². The van der Waals surface area contributed by atoms with Crippen LogP contribution in [0, 0.1) is 5.82 Å². The minimum absolute atomic E-state index is 0.0286. The highest BCUT2D eigenvalue weighted by atomic mass is 19.1. The molecular formula is C17H19FN2O6. The monoisotopic (exact) mass is 366 g/mol. The van der Waals surface area contributed by atoms with Crippen molar-refractivity contribution in [3.8, 4) is 5.75 Å². The van der Waals surface area contributed by atoms with E-state index >= 15 is 0 Å². The average molecular weight is 366 g/mol. The Morgan fingerprint density at radius 2 is 1.92 bits per heavy atom. The number of benzene rings is 1. The minimum Gasteiger partial charge on any atom is -0.479 e. The molecule has 1 aromatic rings. The Hall–Kier alpha value is -3.10. The lowest BCUT2D eigenvalue weighted by molar-refractivity contribution is -0.150. The first kappa shape index (κ1) is 19.2. The quantitative estimate of drug-likeness (QED) is 0.705. The van der Waals surface area contributed by atoms with Crippen molar-refractivity contribution in [2.45, 2.75) is 20.0 Å². The number of carbonyl (C=O) groups excluding carboxylic acids is 3. The molecule has 26 heavy (non-hydrogen) atoms. The maximum atomic E-state index is 12.9. The van der Waals surface area contributed by atoms with Gasteiger partial charge in [-0.25, -0.2) is 18.8 Å². The Morgan fingerprint density at radius 1 is 1.23 bits per heavy atom. The van der Waals surface area contributed by atoms with Crippen LogP contribution in [0.1, 0.15) is 13.8 Å². The van der Waals surface area contributed by atoms with Gasteiger partial charge in [0, 0.05) is 0 Å². The van der Waals surface area contributed by atoms with E-state index in [1.54, 1.807) is 6.92 Å². The number of esters is 2. The van der Waals surface area contributed by atoms with E-state index in [0.29, 0.717) is 5.75 Å². The summed E-state index contributed by atoms with van der Waals surface area (Å²) in [6.07, 6.45) is -0.968. The maximum Gasteiger partial charge on any atom is 0.347 e. The molecule has 1 atom stereocenters. The van der Waals surface area contributed by atoms with Gasteiger partial charge in [-0.3, -0.25) is 0 Å². The molecule has 1 heterocycles. The summed E-state index contributed by atoms with van der Waals surface area (Å²) in [5, 5.41) is 4.87. The number of hydrogen-bond donors (Lipinski definition) is 2. The van der Waals surface area contributed by atoms with E-state index in [0.717, 1.165) is 0 Å². The molecule has 0 bridgehead atoms. The van der Waals surface area contributed by atoms with Gasteiger partial charge in [-0.1, -0.05) is 0 Å². The Balaban J connectivity index is 1.97. The van der Waals surface area contributed by atoms with Gasteiger partial charge < -0.3 is 24.8 Å². The normalized spacial score (nSPS) is 14.8. The van der Waals surface area contributed by atoms with Crippen LogP contribution in [0.2, 0.25) is 0 Å². The van der Waals surface area contributed by atoms with E-state index in [-0.39, 0.29) is 31.0 Å². The zero-order valence-corrected chi connectivity index (χ0v) is 14.3. The summed E-state index contributed by atoms with van der Waals surface area (Å²) in [6, 6.07) is 4.66. The topological polar surface area (TPSA) is 103 Å². The predicted octanol–water partition coefficient (Wildman–Crippen LogP) is 1.27. The van der Waals surface area contributed by atoms with E-state index in [2.05, 4.69) is 10.6 Å². The van der Waals surface area contributed by atoms with Crippen LogP contribution in [0.4, 0.5) is 9.18 Å². The van der Waals surface area contributed by atoms with Gasteiger partial charge in [-0.2, -0.15) is 0 Å². The standard InChI is InChI=1S/C17H19FN2O6/c1-3-24-16(22)13-8-19-17(23)20-14(13)9-25-15(21)10(2)26-12-6-4-11(18)5-7-12/h4-7,10H,3,8-9H2,1-2H3,(H2,19,20,23)/t10-/m1/s1. The summed E-state index contributed by atoms with van der Waals surface area (Å²) in [6.45, 7) is 2.94. The first-order valence-corrected chi connectivity index (χ1v) is 7.93. The van der Waals surface area contributed by atoms with Gasteiger partial charge in [0.05, 0.1) is 24.4 Å². The van der Waals surface area contributed by atoms with Crippen molar-refractivity contribution in [3.05, 3.63) is 41.4 Å². The van der Waals surface area contributed by atoms with Crippen molar-refractivity contribution >= 4 is 18.0 Å².